The molecular weight excluding hydrogens is 232 g/mol. The van der Waals surface area contributed by atoms with Crippen molar-refractivity contribution in [2.75, 3.05) is 40.2 Å². The van der Waals surface area contributed by atoms with Gasteiger partial charge in [0.1, 0.15) is 20.4 Å². The normalized spacial score (nSPS) is 11.2. The molecule has 0 bridgehead atoms. The van der Waals surface area contributed by atoms with Crippen LogP contribution in [0.4, 0.5) is 0 Å². The summed E-state index contributed by atoms with van der Waals surface area (Å²) in [4.78, 5) is 0. The summed E-state index contributed by atoms with van der Waals surface area (Å²) in [5.41, 5.74) is 0. The van der Waals surface area contributed by atoms with Crippen LogP contribution in [0.2, 0.25) is 0 Å². The molecule has 0 spiro atoms. The summed E-state index contributed by atoms with van der Waals surface area (Å²) in [6, 6.07) is 0. The smallest absolute Gasteiger partial charge is 0.357 e. The molecule has 0 aromatic carbocycles. The van der Waals surface area contributed by atoms with Crippen molar-refractivity contribution in [2.45, 2.75) is 20.8 Å². The van der Waals surface area contributed by atoms with Crippen LogP contribution in [0, 0.1) is 0 Å². The third kappa shape index (κ3) is 10.5. The highest BCUT2D eigenvalue weighted by atomic mass is 28.3. The molecule has 0 amide bonds. The lowest BCUT2D eigenvalue weighted by Crippen LogP contribution is -2.30. The zero-order valence-corrected chi connectivity index (χ0v) is 11.2. The van der Waals surface area contributed by atoms with E-state index in [4.69, 9.17) is 27.5 Å². The topological polar surface area (TPSA) is 55.4 Å². The first-order valence-electron chi connectivity index (χ1n) is 5.33. The molecule has 0 aliphatic rings. The highest BCUT2D eigenvalue weighted by molar-refractivity contribution is 6.36. The molecule has 1 radical (unpaired) electrons. The second kappa shape index (κ2) is 13.0. The third-order valence-electron chi connectivity index (χ3n) is 1.39. The summed E-state index contributed by atoms with van der Waals surface area (Å²) in [5.74, 6) is 0. The molecule has 0 aromatic rings. The standard InChI is InChI=1S/C9H21O6Si/c1-4-10-7-13-16(14-8-11-5-2)15-9-12-6-3/h4-9H2,1-3H3. The molecule has 0 heterocycles. The van der Waals surface area contributed by atoms with E-state index in [0.29, 0.717) is 19.8 Å². The predicted molar refractivity (Wildman–Crippen MR) is 58.5 cm³/mol. The molecule has 0 N–H and O–H groups in total. The minimum absolute atomic E-state index is 0.156. The molecule has 16 heavy (non-hydrogen) atoms. The van der Waals surface area contributed by atoms with Gasteiger partial charge in [0.15, 0.2) is 0 Å². The Labute approximate surface area is 98.7 Å². The van der Waals surface area contributed by atoms with Crippen molar-refractivity contribution >= 4 is 9.53 Å². The van der Waals surface area contributed by atoms with Gasteiger partial charge in [-0.1, -0.05) is 0 Å². The van der Waals surface area contributed by atoms with E-state index in [1.807, 2.05) is 20.8 Å². The maximum atomic E-state index is 5.25. The van der Waals surface area contributed by atoms with Crippen LogP contribution in [0.1, 0.15) is 20.8 Å². The van der Waals surface area contributed by atoms with Crippen LogP contribution < -0.4 is 0 Å². The Morgan fingerprint density at radius 2 is 0.938 bits per heavy atom. The molecule has 0 rings (SSSR count). The van der Waals surface area contributed by atoms with Crippen LogP contribution in [0.3, 0.4) is 0 Å². The average molecular weight is 253 g/mol. The highest BCUT2D eigenvalue weighted by Gasteiger charge is 2.19. The largest absolute Gasteiger partial charge is 0.583 e. The summed E-state index contributed by atoms with van der Waals surface area (Å²) in [6.45, 7) is 7.90. The van der Waals surface area contributed by atoms with E-state index in [-0.39, 0.29) is 20.4 Å². The molecule has 0 unspecified atom stereocenters. The lowest BCUT2D eigenvalue weighted by atomic mass is 10.9. The number of ether oxygens (including phenoxy) is 3. The van der Waals surface area contributed by atoms with E-state index >= 15 is 0 Å². The van der Waals surface area contributed by atoms with Gasteiger partial charge in [-0.05, 0) is 20.8 Å². The van der Waals surface area contributed by atoms with Gasteiger partial charge in [0.25, 0.3) is 0 Å². The van der Waals surface area contributed by atoms with E-state index in [2.05, 4.69) is 0 Å². The Balaban J connectivity index is 3.58. The van der Waals surface area contributed by atoms with Crippen LogP contribution in [0.25, 0.3) is 0 Å². The maximum absolute atomic E-state index is 5.25. The monoisotopic (exact) mass is 253 g/mol. The number of hydrogen-bond acceptors (Lipinski definition) is 6. The van der Waals surface area contributed by atoms with Crippen LogP contribution in [-0.2, 0) is 27.5 Å². The first-order valence-corrected chi connectivity index (χ1v) is 6.56. The van der Waals surface area contributed by atoms with Crippen molar-refractivity contribution in [3.8, 4) is 0 Å². The second-order valence-electron chi connectivity index (χ2n) is 2.51. The van der Waals surface area contributed by atoms with Crippen molar-refractivity contribution in [1.29, 1.82) is 0 Å². The first kappa shape index (κ1) is 16.0. The Morgan fingerprint density at radius 3 is 1.19 bits per heavy atom. The minimum atomic E-state index is -1.84. The third-order valence-corrected chi connectivity index (χ3v) is 2.45. The number of hydrogen-bond donors (Lipinski definition) is 0. The lowest BCUT2D eigenvalue weighted by Gasteiger charge is -2.14. The van der Waals surface area contributed by atoms with E-state index in [1.54, 1.807) is 0 Å². The van der Waals surface area contributed by atoms with E-state index < -0.39 is 9.53 Å². The Bertz CT molecular complexity index is 113. The van der Waals surface area contributed by atoms with Gasteiger partial charge in [-0.25, -0.2) is 0 Å². The number of rotatable bonds is 12. The summed E-state index contributed by atoms with van der Waals surface area (Å²) in [5, 5.41) is 0. The van der Waals surface area contributed by atoms with Crippen LogP contribution in [0.5, 0.6) is 0 Å². The molecule has 0 saturated heterocycles. The van der Waals surface area contributed by atoms with Crippen LogP contribution in [0.15, 0.2) is 0 Å². The molecule has 0 aliphatic heterocycles. The van der Waals surface area contributed by atoms with E-state index in [9.17, 15) is 0 Å². The average Bonchev–Trinajstić information content (AvgIpc) is 2.29. The van der Waals surface area contributed by atoms with Gasteiger partial charge >= 0.3 is 9.53 Å². The van der Waals surface area contributed by atoms with Crippen molar-refractivity contribution in [3.05, 3.63) is 0 Å². The van der Waals surface area contributed by atoms with Crippen molar-refractivity contribution in [1.82, 2.24) is 0 Å². The van der Waals surface area contributed by atoms with E-state index in [0.717, 1.165) is 0 Å². The van der Waals surface area contributed by atoms with E-state index in [1.165, 1.54) is 0 Å². The zero-order chi connectivity index (χ0) is 12.1. The van der Waals surface area contributed by atoms with Gasteiger partial charge in [-0.2, -0.15) is 0 Å². The fourth-order valence-electron chi connectivity index (χ4n) is 0.644. The summed E-state index contributed by atoms with van der Waals surface area (Å²) in [7, 11) is -1.84. The van der Waals surface area contributed by atoms with Gasteiger partial charge < -0.3 is 27.5 Å². The maximum Gasteiger partial charge on any atom is 0.583 e. The fourth-order valence-corrected chi connectivity index (χ4v) is 1.43. The van der Waals surface area contributed by atoms with Gasteiger partial charge in [-0.15, -0.1) is 0 Å². The van der Waals surface area contributed by atoms with Crippen LogP contribution in [-0.4, -0.2) is 49.7 Å². The molecule has 0 aromatic heterocycles. The van der Waals surface area contributed by atoms with Crippen LogP contribution >= 0.6 is 0 Å². The van der Waals surface area contributed by atoms with Gasteiger partial charge in [0.2, 0.25) is 0 Å². The molecule has 6 nitrogen and oxygen atoms in total. The minimum Gasteiger partial charge on any atom is -0.357 e. The predicted octanol–water partition coefficient (Wildman–Crippen LogP) is 1.00. The SMILES string of the molecule is CCOCO[Si](OCOCC)OCOCC. The van der Waals surface area contributed by atoms with Gasteiger partial charge in [0.05, 0.1) is 0 Å². The summed E-state index contributed by atoms with van der Waals surface area (Å²) in [6.07, 6.45) is 0. The quantitative estimate of drug-likeness (QED) is 0.294. The van der Waals surface area contributed by atoms with Gasteiger partial charge in [0, 0.05) is 19.8 Å². The zero-order valence-electron chi connectivity index (χ0n) is 10.2. The second-order valence-corrected chi connectivity index (χ2v) is 3.88. The first-order chi connectivity index (χ1) is 7.85. The molecule has 0 atom stereocenters. The Morgan fingerprint density at radius 1 is 0.625 bits per heavy atom. The molecule has 97 valence electrons. The molecule has 0 aliphatic carbocycles. The fraction of sp³-hybridized carbons (Fsp3) is 1.00. The van der Waals surface area contributed by atoms with Crippen molar-refractivity contribution in [2.24, 2.45) is 0 Å². The molecule has 0 fully saturated rings. The summed E-state index contributed by atoms with van der Waals surface area (Å²) >= 11 is 0. The molecule has 0 saturated carbocycles. The Kier molecular flexibility index (Phi) is 13.0. The highest BCUT2D eigenvalue weighted by Crippen LogP contribution is 1.94. The lowest BCUT2D eigenvalue weighted by molar-refractivity contribution is -0.0831. The van der Waals surface area contributed by atoms with Crippen molar-refractivity contribution in [3.63, 3.8) is 0 Å². The van der Waals surface area contributed by atoms with Gasteiger partial charge in [-0.3, -0.25) is 0 Å². The van der Waals surface area contributed by atoms with Crippen molar-refractivity contribution < 1.29 is 27.5 Å². The molecule has 7 heteroatoms. The summed E-state index contributed by atoms with van der Waals surface area (Å²) < 4.78 is 30.9. The Hall–Kier alpha value is -0.0231. The molecular formula is C9H21O6Si.